The Morgan fingerprint density at radius 2 is 2.12 bits per heavy atom. The van der Waals surface area contributed by atoms with Crippen LogP contribution in [-0.2, 0) is 6.42 Å². The van der Waals surface area contributed by atoms with Gasteiger partial charge in [0.2, 0.25) is 0 Å². The van der Waals surface area contributed by atoms with Crippen molar-refractivity contribution < 1.29 is 4.74 Å². The second-order valence-corrected chi connectivity index (χ2v) is 3.86. The molecule has 0 aliphatic heterocycles. The molecule has 3 nitrogen and oxygen atoms in total. The summed E-state index contributed by atoms with van der Waals surface area (Å²) in [6, 6.07) is 8.16. The number of benzene rings is 1. The highest BCUT2D eigenvalue weighted by Gasteiger charge is 2.04. The fourth-order valence-corrected chi connectivity index (χ4v) is 1.86. The van der Waals surface area contributed by atoms with Crippen molar-refractivity contribution in [2.24, 2.45) is 5.73 Å². The standard InChI is InChI=1S/C13H16N2O/c1-9-7-13(16-2)11-4-3-10(5-6-14)8-12(11)15-9/h3-4,7-8H,5-6,14H2,1-2H3. The van der Waals surface area contributed by atoms with Gasteiger partial charge in [0.05, 0.1) is 12.6 Å². The topological polar surface area (TPSA) is 48.1 Å². The van der Waals surface area contributed by atoms with Crippen molar-refractivity contribution in [1.82, 2.24) is 4.98 Å². The summed E-state index contributed by atoms with van der Waals surface area (Å²) in [5.74, 6) is 0.877. The first kappa shape index (κ1) is 10.9. The molecule has 0 saturated carbocycles. The Bertz CT molecular complexity index is 509. The molecule has 1 heterocycles. The van der Waals surface area contributed by atoms with Crippen LogP contribution in [0.25, 0.3) is 10.9 Å². The second kappa shape index (κ2) is 4.49. The number of aromatic nitrogens is 1. The zero-order valence-electron chi connectivity index (χ0n) is 9.66. The minimum atomic E-state index is 0.661. The molecule has 0 bridgehead atoms. The minimum Gasteiger partial charge on any atom is -0.496 e. The van der Waals surface area contributed by atoms with Gasteiger partial charge in [0.1, 0.15) is 5.75 Å². The van der Waals surface area contributed by atoms with E-state index >= 15 is 0 Å². The first-order valence-corrected chi connectivity index (χ1v) is 5.39. The first-order valence-electron chi connectivity index (χ1n) is 5.39. The number of nitrogens with zero attached hydrogens (tertiary/aromatic N) is 1. The maximum Gasteiger partial charge on any atom is 0.130 e. The molecule has 0 saturated heterocycles. The van der Waals surface area contributed by atoms with Crippen molar-refractivity contribution in [2.75, 3.05) is 13.7 Å². The zero-order chi connectivity index (χ0) is 11.5. The van der Waals surface area contributed by atoms with Crippen molar-refractivity contribution in [1.29, 1.82) is 0 Å². The molecule has 0 amide bonds. The molecule has 0 aliphatic rings. The number of methoxy groups -OCH3 is 1. The fraction of sp³-hybridized carbons (Fsp3) is 0.308. The third-order valence-corrected chi connectivity index (χ3v) is 2.62. The molecular weight excluding hydrogens is 200 g/mol. The number of pyridine rings is 1. The zero-order valence-corrected chi connectivity index (χ0v) is 9.66. The average molecular weight is 216 g/mol. The number of ether oxygens (including phenoxy) is 1. The lowest BCUT2D eigenvalue weighted by Crippen LogP contribution is -2.02. The summed E-state index contributed by atoms with van der Waals surface area (Å²) in [4.78, 5) is 4.51. The molecule has 0 radical (unpaired) electrons. The van der Waals surface area contributed by atoms with E-state index in [-0.39, 0.29) is 0 Å². The van der Waals surface area contributed by atoms with E-state index in [0.29, 0.717) is 6.54 Å². The SMILES string of the molecule is COc1cc(C)nc2cc(CCN)ccc12. The van der Waals surface area contributed by atoms with Crippen LogP contribution in [-0.4, -0.2) is 18.6 Å². The van der Waals surface area contributed by atoms with Gasteiger partial charge >= 0.3 is 0 Å². The van der Waals surface area contributed by atoms with Crippen LogP contribution in [0, 0.1) is 6.92 Å². The van der Waals surface area contributed by atoms with Gasteiger partial charge in [0, 0.05) is 17.1 Å². The third kappa shape index (κ3) is 1.99. The highest BCUT2D eigenvalue weighted by molar-refractivity contribution is 5.85. The average Bonchev–Trinajstić information content (AvgIpc) is 2.27. The summed E-state index contributed by atoms with van der Waals surface area (Å²) in [7, 11) is 1.68. The van der Waals surface area contributed by atoms with E-state index in [1.165, 1.54) is 5.56 Å². The summed E-state index contributed by atoms with van der Waals surface area (Å²) in [6.07, 6.45) is 0.883. The van der Waals surface area contributed by atoms with E-state index in [1.807, 2.05) is 19.1 Å². The minimum absolute atomic E-state index is 0.661. The number of hydrogen-bond acceptors (Lipinski definition) is 3. The van der Waals surface area contributed by atoms with Crippen LogP contribution in [0.15, 0.2) is 24.3 Å². The summed E-state index contributed by atoms with van der Waals surface area (Å²) < 4.78 is 5.34. The predicted molar refractivity (Wildman–Crippen MR) is 65.8 cm³/mol. The third-order valence-electron chi connectivity index (χ3n) is 2.62. The molecule has 2 rings (SSSR count). The van der Waals surface area contributed by atoms with E-state index in [1.54, 1.807) is 7.11 Å². The molecule has 2 N–H and O–H groups in total. The van der Waals surface area contributed by atoms with Gasteiger partial charge < -0.3 is 10.5 Å². The highest BCUT2D eigenvalue weighted by atomic mass is 16.5. The Morgan fingerprint density at radius 1 is 1.31 bits per heavy atom. The predicted octanol–water partition coefficient (Wildman–Crippen LogP) is 2.05. The molecule has 16 heavy (non-hydrogen) atoms. The highest BCUT2D eigenvalue weighted by Crippen LogP contribution is 2.25. The lowest BCUT2D eigenvalue weighted by molar-refractivity contribution is 0.419. The second-order valence-electron chi connectivity index (χ2n) is 3.86. The van der Waals surface area contributed by atoms with Crippen molar-refractivity contribution in [2.45, 2.75) is 13.3 Å². The summed E-state index contributed by atoms with van der Waals surface area (Å²) in [5.41, 5.74) is 8.70. The van der Waals surface area contributed by atoms with Gasteiger partial charge in [0.15, 0.2) is 0 Å². The smallest absolute Gasteiger partial charge is 0.130 e. The van der Waals surface area contributed by atoms with Gasteiger partial charge in [-0.2, -0.15) is 0 Å². The van der Waals surface area contributed by atoms with Gasteiger partial charge in [0.25, 0.3) is 0 Å². The van der Waals surface area contributed by atoms with Gasteiger partial charge in [-0.05, 0) is 37.6 Å². The van der Waals surface area contributed by atoms with Crippen molar-refractivity contribution in [3.8, 4) is 5.75 Å². The van der Waals surface area contributed by atoms with E-state index in [9.17, 15) is 0 Å². The molecule has 0 aliphatic carbocycles. The van der Waals surface area contributed by atoms with Crippen LogP contribution < -0.4 is 10.5 Å². The maximum atomic E-state index is 5.55. The quantitative estimate of drug-likeness (QED) is 0.854. The Balaban J connectivity index is 2.60. The molecule has 0 fully saturated rings. The van der Waals surface area contributed by atoms with Gasteiger partial charge in [-0.15, -0.1) is 0 Å². The molecule has 2 aromatic rings. The van der Waals surface area contributed by atoms with E-state index in [2.05, 4.69) is 17.1 Å². The van der Waals surface area contributed by atoms with Crippen molar-refractivity contribution in [3.05, 3.63) is 35.5 Å². The van der Waals surface area contributed by atoms with Crippen LogP contribution in [0.4, 0.5) is 0 Å². The maximum absolute atomic E-state index is 5.55. The molecule has 0 spiro atoms. The van der Waals surface area contributed by atoms with Gasteiger partial charge in [-0.1, -0.05) is 6.07 Å². The molecule has 1 aromatic heterocycles. The molecule has 1 aromatic carbocycles. The molecular formula is C13H16N2O. The number of fused-ring (bicyclic) bond motifs is 1. The van der Waals surface area contributed by atoms with Crippen LogP contribution in [0.2, 0.25) is 0 Å². The monoisotopic (exact) mass is 216 g/mol. The van der Waals surface area contributed by atoms with Crippen molar-refractivity contribution >= 4 is 10.9 Å². The van der Waals surface area contributed by atoms with Crippen molar-refractivity contribution in [3.63, 3.8) is 0 Å². The Hall–Kier alpha value is -1.61. The van der Waals surface area contributed by atoms with E-state index in [0.717, 1.165) is 28.8 Å². The van der Waals surface area contributed by atoms with E-state index < -0.39 is 0 Å². The molecule has 0 atom stereocenters. The first-order chi connectivity index (χ1) is 7.74. The number of hydrogen-bond donors (Lipinski definition) is 1. The van der Waals surface area contributed by atoms with Crippen LogP contribution in [0.1, 0.15) is 11.3 Å². The molecule has 3 heteroatoms. The van der Waals surface area contributed by atoms with E-state index in [4.69, 9.17) is 10.5 Å². The summed E-state index contributed by atoms with van der Waals surface area (Å²) >= 11 is 0. The molecule has 0 unspecified atom stereocenters. The Labute approximate surface area is 95.2 Å². The van der Waals surface area contributed by atoms with Gasteiger partial charge in [-0.25, -0.2) is 0 Å². The number of nitrogens with two attached hydrogens (primary N) is 1. The fourth-order valence-electron chi connectivity index (χ4n) is 1.86. The summed E-state index contributed by atoms with van der Waals surface area (Å²) in [6.45, 7) is 2.63. The van der Waals surface area contributed by atoms with Crippen LogP contribution in [0.5, 0.6) is 5.75 Å². The van der Waals surface area contributed by atoms with Crippen LogP contribution >= 0.6 is 0 Å². The Kier molecular flexibility index (Phi) is 3.06. The number of aryl methyl sites for hydroxylation is 1. The molecule has 84 valence electrons. The van der Waals surface area contributed by atoms with Gasteiger partial charge in [-0.3, -0.25) is 4.98 Å². The van der Waals surface area contributed by atoms with Crippen LogP contribution in [0.3, 0.4) is 0 Å². The normalized spacial score (nSPS) is 10.7. The Morgan fingerprint density at radius 3 is 2.81 bits per heavy atom. The lowest BCUT2D eigenvalue weighted by Gasteiger charge is -2.07. The largest absolute Gasteiger partial charge is 0.496 e. The summed E-state index contributed by atoms with van der Waals surface area (Å²) in [5, 5.41) is 1.05. The lowest BCUT2D eigenvalue weighted by atomic mass is 10.1. The number of rotatable bonds is 3.